The first-order valence-corrected chi connectivity index (χ1v) is 6.37. The van der Waals surface area contributed by atoms with Gasteiger partial charge in [-0.05, 0) is 31.0 Å². The normalized spacial score (nSPS) is 10.3. The Kier molecular flexibility index (Phi) is 6.22. The highest BCUT2D eigenvalue weighted by Gasteiger charge is 2.12. The number of nitrogen functional groups attached to an aromatic ring is 1. The molecule has 1 aromatic carbocycles. The first kappa shape index (κ1) is 14.5. The summed E-state index contributed by atoms with van der Waals surface area (Å²) in [7, 11) is 0. The zero-order valence-corrected chi connectivity index (χ0v) is 11.2. The van der Waals surface area contributed by atoms with Crippen molar-refractivity contribution in [3.05, 3.63) is 29.8 Å². The van der Waals surface area contributed by atoms with Gasteiger partial charge in [-0.3, -0.25) is 4.79 Å². The highest BCUT2D eigenvalue weighted by Crippen LogP contribution is 2.09. The lowest BCUT2D eigenvalue weighted by Gasteiger charge is -2.21. The minimum absolute atomic E-state index is 0.0216. The van der Waals surface area contributed by atoms with Crippen molar-refractivity contribution >= 4 is 11.6 Å². The van der Waals surface area contributed by atoms with Gasteiger partial charge in [0.2, 0.25) is 5.91 Å². The zero-order chi connectivity index (χ0) is 13.4. The molecule has 0 saturated carbocycles. The summed E-state index contributed by atoms with van der Waals surface area (Å²) >= 11 is 0. The van der Waals surface area contributed by atoms with Crippen molar-refractivity contribution in [2.75, 3.05) is 25.5 Å². The first-order valence-electron chi connectivity index (χ1n) is 6.37. The van der Waals surface area contributed by atoms with E-state index in [9.17, 15) is 4.79 Å². The van der Waals surface area contributed by atoms with Gasteiger partial charge >= 0.3 is 0 Å². The van der Waals surface area contributed by atoms with E-state index in [-0.39, 0.29) is 12.5 Å². The van der Waals surface area contributed by atoms with E-state index >= 15 is 0 Å². The molecular formula is C14H22N2O2. The lowest BCUT2D eigenvalue weighted by atomic mass is 10.2. The van der Waals surface area contributed by atoms with Crippen molar-refractivity contribution in [1.29, 1.82) is 0 Å². The number of benzene rings is 1. The Hall–Kier alpha value is -1.55. The summed E-state index contributed by atoms with van der Waals surface area (Å²) in [5, 5.41) is 0. The summed E-state index contributed by atoms with van der Waals surface area (Å²) in [5.74, 6) is 0.0216. The highest BCUT2D eigenvalue weighted by molar-refractivity contribution is 5.77. The van der Waals surface area contributed by atoms with Crippen LogP contribution in [0.15, 0.2) is 24.3 Å². The maximum absolute atomic E-state index is 11.9. The van der Waals surface area contributed by atoms with E-state index in [0.29, 0.717) is 19.7 Å². The molecule has 0 aliphatic heterocycles. The molecule has 0 aliphatic carbocycles. The molecule has 1 amide bonds. The van der Waals surface area contributed by atoms with Crippen LogP contribution in [-0.4, -0.2) is 30.6 Å². The molecule has 0 atom stereocenters. The number of nitrogens with zero attached hydrogens (tertiary/aromatic N) is 1. The number of rotatable bonds is 7. The molecule has 0 heterocycles. The predicted molar refractivity (Wildman–Crippen MR) is 73.1 cm³/mol. The molecule has 1 rings (SSSR count). The van der Waals surface area contributed by atoms with Crippen molar-refractivity contribution in [2.24, 2.45) is 0 Å². The van der Waals surface area contributed by atoms with Gasteiger partial charge in [0.1, 0.15) is 6.61 Å². The molecule has 0 saturated heterocycles. The fraction of sp³-hybridized carbons (Fsp3) is 0.500. The first-order chi connectivity index (χ1) is 8.67. The fourth-order valence-corrected chi connectivity index (χ4v) is 1.68. The number of likely N-dealkylation sites (N-methyl/N-ethyl adjacent to an activating group) is 1. The van der Waals surface area contributed by atoms with Gasteiger partial charge in [0, 0.05) is 25.4 Å². The summed E-state index contributed by atoms with van der Waals surface area (Å²) in [6.07, 6.45) is 0.925. The fourth-order valence-electron chi connectivity index (χ4n) is 1.68. The van der Waals surface area contributed by atoms with E-state index in [1.54, 1.807) is 4.90 Å². The Labute approximate surface area is 109 Å². The van der Waals surface area contributed by atoms with Gasteiger partial charge in [-0.25, -0.2) is 0 Å². The molecule has 0 aliphatic rings. The smallest absolute Gasteiger partial charge is 0.248 e. The SMILES string of the molecule is CCCOCC(=O)N(CC)Cc1cccc(N)c1. The summed E-state index contributed by atoms with van der Waals surface area (Å²) in [4.78, 5) is 13.7. The van der Waals surface area contributed by atoms with Gasteiger partial charge in [0.15, 0.2) is 0 Å². The number of carbonyl (C=O) groups is 1. The topological polar surface area (TPSA) is 55.6 Å². The van der Waals surface area contributed by atoms with Gasteiger partial charge in [-0.2, -0.15) is 0 Å². The molecular weight excluding hydrogens is 228 g/mol. The van der Waals surface area contributed by atoms with E-state index in [4.69, 9.17) is 10.5 Å². The average Bonchev–Trinajstić information content (AvgIpc) is 2.36. The van der Waals surface area contributed by atoms with Gasteiger partial charge in [0.05, 0.1) is 0 Å². The van der Waals surface area contributed by atoms with Crippen LogP contribution < -0.4 is 5.73 Å². The third-order valence-electron chi connectivity index (χ3n) is 2.63. The van der Waals surface area contributed by atoms with Crippen molar-refractivity contribution in [3.8, 4) is 0 Å². The number of amides is 1. The maximum atomic E-state index is 11.9. The van der Waals surface area contributed by atoms with Crippen LogP contribution in [0.5, 0.6) is 0 Å². The Morgan fingerprint density at radius 2 is 2.17 bits per heavy atom. The van der Waals surface area contributed by atoms with E-state index < -0.39 is 0 Å². The van der Waals surface area contributed by atoms with Crippen molar-refractivity contribution in [3.63, 3.8) is 0 Å². The van der Waals surface area contributed by atoms with Crippen LogP contribution in [0.1, 0.15) is 25.8 Å². The largest absolute Gasteiger partial charge is 0.399 e. The second-order valence-electron chi connectivity index (χ2n) is 4.21. The monoisotopic (exact) mass is 250 g/mol. The van der Waals surface area contributed by atoms with Gasteiger partial charge < -0.3 is 15.4 Å². The molecule has 0 aromatic heterocycles. The molecule has 0 unspecified atom stereocenters. The maximum Gasteiger partial charge on any atom is 0.248 e. The second kappa shape index (κ2) is 7.71. The number of carbonyl (C=O) groups excluding carboxylic acids is 1. The van der Waals surface area contributed by atoms with Crippen molar-refractivity contribution in [2.45, 2.75) is 26.8 Å². The van der Waals surface area contributed by atoms with Crippen molar-refractivity contribution < 1.29 is 9.53 Å². The summed E-state index contributed by atoms with van der Waals surface area (Å²) in [6.45, 7) is 6.02. The van der Waals surface area contributed by atoms with Crippen molar-refractivity contribution in [1.82, 2.24) is 4.90 Å². The Balaban J connectivity index is 2.53. The van der Waals surface area contributed by atoms with Crippen LogP contribution in [0.3, 0.4) is 0 Å². The lowest BCUT2D eigenvalue weighted by Crippen LogP contribution is -2.33. The Bertz CT molecular complexity index is 380. The molecule has 0 fully saturated rings. The molecule has 0 spiro atoms. The number of nitrogens with two attached hydrogens (primary N) is 1. The predicted octanol–water partition coefficient (Wildman–Crippen LogP) is 2.04. The Morgan fingerprint density at radius 3 is 2.78 bits per heavy atom. The summed E-state index contributed by atoms with van der Waals surface area (Å²) < 4.78 is 5.27. The van der Waals surface area contributed by atoms with Gasteiger partial charge in [-0.1, -0.05) is 19.1 Å². The molecule has 4 heteroatoms. The average molecular weight is 250 g/mol. The third kappa shape index (κ3) is 4.75. The number of ether oxygens (including phenoxy) is 1. The molecule has 0 radical (unpaired) electrons. The van der Waals surface area contributed by atoms with Crippen LogP contribution in [-0.2, 0) is 16.1 Å². The second-order valence-corrected chi connectivity index (χ2v) is 4.21. The molecule has 2 N–H and O–H groups in total. The minimum Gasteiger partial charge on any atom is -0.399 e. The minimum atomic E-state index is 0.0216. The van der Waals surface area contributed by atoms with E-state index in [2.05, 4.69) is 0 Å². The standard InChI is InChI=1S/C14H22N2O2/c1-3-8-18-11-14(17)16(4-2)10-12-6-5-7-13(15)9-12/h5-7,9H,3-4,8,10-11,15H2,1-2H3. The number of hydrogen-bond acceptors (Lipinski definition) is 3. The molecule has 100 valence electrons. The van der Waals surface area contributed by atoms with Crippen LogP contribution in [0.2, 0.25) is 0 Å². The number of anilines is 1. The van der Waals surface area contributed by atoms with Crippen LogP contribution in [0.4, 0.5) is 5.69 Å². The highest BCUT2D eigenvalue weighted by atomic mass is 16.5. The van der Waals surface area contributed by atoms with E-state index in [0.717, 1.165) is 17.7 Å². The molecule has 4 nitrogen and oxygen atoms in total. The lowest BCUT2D eigenvalue weighted by molar-refractivity contribution is -0.136. The quantitative estimate of drug-likeness (QED) is 0.595. The summed E-state index contributed by atoms with van der Waals surface area (Å²) in [6, 6.07) is 7.60. The van der Waals surface area contributed by atoms with E-state index in [1.165, 1.54) is 0 Å². The molecule has 18 heavy (non-hydrogen) atoms. The molecule has 0 bridgehead atoms. The summed E-state index contributed by atoms with van der Waals surface area (Å²) in [5.41, 5.74) is 7.48. The zero-order valence-electron chi connectivity index (χ0n) is 11.2. The third-order valence-corrected chi connectivity index (χ3v) is 2.63. The van der Waals surface area contributed by atoms with Crippen LogP contribution in [0.25, 0.3) is 0 Å². The Morgan fingerprint density at radius 1 is 1.39 bits per heavy atom. The van der Waals surface area contributed by atoms with Crippen LogP contribution >= 0.6 is 0 Å². The molecule has 1 aromatic rings. The van der Waals surface area contributed by atoms with Gasteiger partial charge in [-0.15, -0.1) is 0 Å². The van der Waals surface area contributed by atoms with Crippen LogP contribution in [0, 0.1) is 0 Å². The number of hydrogen-bond donors (Lipinski definition) is 1. The van der Waals surface area contributed by atoms with E-state index in [1.807, 2.05) is 38.1 Å². The van der Waals surface area contributed by atoms with Gasteiger partial charge in [0.25, 0.3) is 0 Å².